The Morgan fingerprint density at radius 2 is 0.764 bits per heavy atom. The van der Waals surface area contributed by atoms with Gasteiger partial charge in [-0.25, -0.2) is 0 Å². The van der Waals surface area contributed by atoms with E-state index < -0.39 is 12.1 Å². The minimum atomic E-state index is -0.831. The molecular weight excluding hydrogens is 685 g/mol. The van der Waals surface area contributed by atoms with Crippen molar-refractivity contribution in [2.45, 2.75) is 181 Å². The van der Waals surface area contributed by atoms with Crippen LogP contribution in [-0.4, -0.2) is 37.2 Å². The Morgan fingerprint density at radius 1 is 0.400 bits per heavy atom. The zero-order valence-electron chi connectivity index (χ0n) is 35.1. The lowest BCUT2D eigenvalue weighted by atomic mass is 10.1. The Labute approximate surface area is 337 Å². The first-order valence-corrected chi connectivity index (χ1v) is 21.7. The van der Waals surface area contributed by atoms with Crippen LogP contribution in [-0.2, 0) is 28.6 Å². The minimum absolute atomic E-state index is 0.0923. The Bertz CT molecular complexity index is 1150. The molecule has 0 aromatic carbocycles. The highest BCUT2D eigenvalue weighted by Crippen LogP contribution is 2.12. The van der Waals surface area contributed by atoms with Gasteiger partial charge in [-0.05, 0) is 77.0 Å². The van der Waals surface area contributed by atoms with Crippen LogP contribution < -0.4 is 0 Å². The maximum absolute atomic E-state index is 12.6. The van der Waals surface area contributed by atoms with Crippen molar-refractivity contribution in [1.29, 1.82) is 0 Å². The van der Waals surface area contributed by atoms with E-state index in [0.717, 1.165) is 109 Å². The lowest BCUT2D eigenvalue weighted by Crippen LogP contribution is -2.30. The van der Waals surface area contributed by atoms with E-state index in [1.165, 1.54) is 25.7 Å². The van der Waals surface area contributed by atoms with Crippen LogP contribution in [0, 0.1) is 0 Å². The zero-order valence-corrected chi connectivity index (χ0v) is 35.1. The van der Waals surface area contributed by atoms with Crippen LogP contribution in [0.2, 0.25) is 0 Å². The van der Waals surface area contributed by atoms with Crippen molar-refractivity contribution in [3.63, 3.8) is 0 Å². The number of hydrogen-bond donors (Lipinski definition) is 0. The summed E-state index contributed by atoms with van der Waals surface area (Å²) in [6.45, 7) is 6.20. The number of carbonyl (C=O) groups excluding carboxylic acids is 3. The predicted octanol–water partition coefficient (Wildman–Crippen LogP) is 13.9. The van der Waals surface area contributed by atoms with E-state index in [4.69, 9.17) is 14.2 Å². The summed E-state index contributed by atoms with van der Waals surface area (Å²) in [6.07, 6.45) is 55.9. The Morgan fingerprint density at radius 3 is 1.20 bits per heavy atom. The maximum Gasteiger partial charge on any atom is 0.310 e. The van der Waals surface area contributed by atoms with Crippen LogP contribution in [0.5, 0.6) is 0 Å². The molecule has 1 atom stereocenters. The predicted molar refractivity (Wildman–Crippen MR) is 233 cm³/mol. The molecule has 0 aliphatic heterocycles. The molecule has 0 aliphatic carbocycles. The zero-order chi connectivity index (χ0) is 40.1. The molecule has 0 rings (SSSR count). The normalized spacial score (nSPS) is 13.0. The highest BCUT2D eigenvalue weighted by Gasteiger charge is 2.19. The molecule has 0 N–H and O–H groups in total. The van der Waals surface area contributed by atoms with Crippen molar-refractivity contribution in [2.24, 2.45) is 0 Å². The summed E-state index contributed by atoms with van der Waals surface area (Å²) in [5, 5.41) is 0. The van der Waals surface area contributed by atoms with E-state index in [1.807, 2.05) is 6.08 Å². The summed E-state index contributed by atoms with van der Waals surface area (Å²) in [4.78, 5) is 37.4. The second-order valence-corrected chi connectivity index (χ2v) is 13.9. The Hall–Kier alpha value is -3.67. The first-order chi connectivity index (χ1) is 27.0. The first-order valence-electron chi connectivity index (χ1n) is 21.7. The van der Waals surface area contributed by atoms with Crippen LogP contribution in [0.4, 0.5) is 0 Å². The SMILES string of the molecule is CC/C=C\C/C=C\C/C=C\C/C=C\C/C=C\CC(=O)OC(COC(=O)CCCCCCC)COC(=O)CCCCCCCCC/C=C\C/C=C\C/C=C\CC. The number of ether oxygens (including phenoxy) is 3. The summed E-state index contributed by atoms with van der Waals surface area (Å²) in [7, 11) is 0. The van der Waals surface area contributed by atoms with Gasteiger partial charge < -0.3 is 14.2 Å². The van der Waals surface area contributed by atoms with E-state index in [0.29, 0.717) is 12.8 Å². The van der Waals surface area contributed by atoms with Crippen molar-refractivity contribution in [3.8, 4) is 0 Å². The fraction of sp³-hybridized carbons (Fsp3) is 0.612. The van der Waals surface area contributed by atoms with Crippen LogP contribution in [0.1, 0.15) is 175 Å². The molecule has 0 heterocycles. The molecule has 6 heteroatoms. The van der Waals surface area contributed by atoms with Gasteiger partial charge in [0.25, 0.3) is 0 Å². The van der Waals surface area contributed by atoms with Gasteiger partial charge in [-0.2, -0.15) is 0 Å². The van der Waals surface area contributed by atoms with Gasteiger partial charge in [0.1, 0.15) is 13.2 Å². The van der Waals surface area contributed by atoms with E-state index >= 15 is 0 Å². The van der Waals surface area contributed by atoms with E-state index in [-0.39, 0.29) is 31.6 Å². The van der Waals surface area contributed by atoms with Gasteiger partial charge in [0.05, 0.1) is 6.42 Å². The molecule has 0 saturated carbocycles. The fourth-order valence-corrected chi connectivity index (χ4v) is 5.41. The molecule has 0 aliphatic rings. The van der Waals surface area contributed by atoms with Gasteiger partial charge in [0.15, 0.2) is 6.10 Å². The maximum atomic E-state index is 12.6. The summed E-state index contributed by atoms with van der Waals surface area (Å²) in [5.41, 5.74) is 0. The minimum Gasteiger partial charge on any atom is -0.462 e. The van der Waals surface area contributed by atoms with Crippen LogP contribution in [0.3, 0.4) is 0 Å². The van der Waals surface area contributed by atoms with Gasteiger partial charge in [-0.1, -0.05) is 176 Å². The third-order valence-corrected chi connectivity index (χ3v) is 8.62. The van der Waals surface area contributed by atoms with Crippen molar-refractivity contribution < 1.29 is 28.6 Å². The van der Waals surface area contributed by atoms with Gasteiger partial charge in [0, 0.05) is 12.8 Å². The first kappa shape index (κ1) is 51.3. The van der Waals surface area contributed by atoms with Crippen LogP contribution in [0.15, 0.2) is 97.2 Å². The Kier molecular flexibility index (Phi) is 40.2. The summed E-state index contributed by atoms with van der Waals surface area (Å²) in [5.74, 6) is -1.09. The molecular formula is C49H78O6. The smallest absolute Gasteiger partial charge is 0.310 e. The Balaban J connectivity index is 4.40. The van der Waals surface area contributed by atoms with Gasteiger partial charge in [-0.15, -0.1) is 0 Å². The van der Waals surface area contributed by atoms with Crippen molar-refractivity contribution in [2.75, 3.05) is 13.2 Å². The number of esters is 3. The van der Waals surface area contributed by atoms with Crippen molar-refractivity contribution >= 4 is 17.9 Å². The number of allylic oxidation sites excluding steroid dienone is 15. The molecule has 0 aromatic heterocycles. The molecule has 0 saturated heterocycles. The van der Waals surface area contributed by atoms with Gasteiger partial charge in [-0.3, -0.25) is 14.4 Å². The highest BCUT2D eigenvalue weighted by molar-refractivity contribution is 5.72. The lowest BCUT2D eigenvalue weighted by Gasteiger charge is -2.18. The molecule has 310 valence electrons. The molecule has 0 spiro atoms. The number of hydrogen-bond acceptors (Lipinski definition) is 6. The average molecular weight is 763 g/mol. The number of carbonyl (C=O) groups is 3. The van der Waals surface area contributed by atoms with Gasteiger partial charge >= 0.3 is 17.9 Å². The average Bonchev–Trinajstić information content (AvgIpc) is 3.18. The molecule has 1 unspecified atom stereocenters. The number of unbranched alkanes of at least 4 members (excludes halogenated alkanes) is 11. The third-order valence-electron chi connectivity index (χ3n) is 8.62. The molecule has 0 bridgehead atoms. The molecule has 6 nitrogen and oxygen atoms in total. The largest absolute Gasteiger partial charge is 0.462 e. The van der Waals surface area contributed by atoms with E-state index in [2.05, 4.69) is 106 Å². The standard InChI is InChI=1S/C49H78O6/c1-4-7-10-13-15-17-19-21-23-24-26-27-29-31-33-36-39-42-48(51)54-45-46(44-53-47(50)41-38-35-12-9-6-3)55-49(52)43-40-37-34-32-30-28-25-22-20-18-16-14-11-8-5-2/h7-8,10-11,15-18,21-23,25,30,32,37,40,46H,4-6,9,12-14,19-20,24,26-29,31,33-36,38-39,41-45H2,1-3H3/b10-7-,11-8-,17-15-,18-16-,23-21-,25-22-,32-30-,40-37-. The molecule has 0 fully saturated rings. The molecule has 55 heavy (non-hydrogen) atoms. The van der Waals surface area contributed by atoms with Crippen LogP contribution in [0.25, 0.3) is 0 Å². The molecule has 0 amide bonds. The lowest BCUT2D eigenvalue weighted by molar-refractivity contribution is -0.166. The summed E-state index contributed by atoms with van der Waals surface area (Å²) < 4.78 is 16.5. The fourth-order valence-electron chi connectivity index (χ4n) is 5.41. The van der Waals surface area contributed by atoms with Crippen LogP contribution >= 0.6 is 0 Å². The second kappa shape index (κ2) is 43.1. The van der Waals surface area contributed by atoms with Crippen molar-refractivity contribution in [3.05, 3.63) is 97.2 Å². The summed E-state index contributed by atoms with van der Waals surface area (Å²) in [6, 6.07) is 0. The molecule has 0 aromatic rings. The van der Waals surface area contributed by atoms with E-state index in [9.17, 15) is 14.4 Å². The number of rotatable bonds is 37. The quantitative estimate of drug-likeness (QED) is 0.0271. The summed E-state index contributed by atoms with van der Waals surface area (Å²) >= 11 is 0. The second-order valence-electron chi connectivity index (χ2n) is 13.9. The topological polar surface area (TPSA) is 78.9 Å². The monoisotopic (exact) mass is 763 g/mol. The van der Waals surface area contributed by atoms with E-state index in [1.54, 1.807) is 6.08 Å². The molecule has 0 radical (unpaired) electrons. The third kappa shape index (κ3) is 41.3. The van der Waals surface area contributed by atoms with Crippen molar-refractivity contribution in [1.82, 2.24) is 0 Å². The van der Waals surface area contributed by atoms with Gasteiger partial charge in [0.2, 0.25) is 0 Å². The highest BCUT2D eigenvalue weighted by atomic mass is 16.6.